The number of rotatable bonds is 8. The van der Waals surface area contributed by atoms with Crippen molar-refractivity contribution < 1.29 is 13.2 Å². The third-order valence-corrected chi connectivity index (χ3v) is 5.69. The summed E-state index contributed by atoms with van der Waals surface area (Å²) in [5, 5.41) is 0. The second-order valence-electron chi connectivity index (χ2n) is 5.71. The van der Waals surface area contributed by atoms with Gasteiger partial charge in [0.1, 0.15) is 5.75 Å². The fourth-order valence-corrected chi connectivity index (χ4v) is 3.44. The fourth-order valence-electron chi connectivity index (χ4n) is 2.34. The average Bonchev–Trinajstić information content (AvgIpc) is 2.59. The molecule has 2 aromatic carbocycles. The fraction of sp³-hybridized carbons (Fsp3) is 0.333. The first-order valence-electron chi connectivity index (χ1n) is 7.78. The van der Waals surface area contributed by atoms with Crippen molar-refractivity contribution in [1.29, 1.82) is 0 Å². The highest BCUT2D eigenvalue weighted by atomic mass is 32.2. The van der Waals surface area contributed by atoms with Crippen molar-refractivity contribution in [3.05, 3.63) is 65.7 Å². The van der Waals surface area contributed by atoms with Gasteiger partial charge in [-0.3, -0.25) is 0 Å². The molecule has 0 aliphatic rings. The molecule has 2 rings (SSSR count). The minimum absolute atomic E-state index is 0.359. The van der Waals surface area contributed by atoms with E-state index in [-0.39, 0.29) is 0 Å². The summed E-state index contributed by atoms with van der Waals surface area (Å²) in [6, 6.07) is 17.3. The van der Waals surface area contributed by atoms with Crippen LogP contribution in [0, 0.1) is 0 Å². The van der Waals surface area contributed by atoms with Crippen molar-refractivity contribution in [3.63, 3.8) is 0 Å². The van der Waals surface area contributed by atoms with E-state index in [1.165, 1.54) is 8.61 Å². The third kappa shape index (κ3) is 4.80. The lowest BCUT2D eigenvalue weighted by atomic mass is 10.1. The first-order chi connectivity index (χ1) is 11.4. The van der Waals surface area contributed by atoms with E-state index in [1.807, 2.05) is 54.6 Å². The Bertz CT molecular complexity index is 729. The molecule has 0 amide bonds. The molecule has 0 saturated heterocycles. The van der Waals surface area contributed by atoms with Crippen LogP contribution >= 0.6 is 0 Å². The Morgan fingerprint density at radius 1 is 0.917 bits per heavy atom. The zero-order chi connectivity index (χ0) is 17.6. The van der Waals surface area contributed by atoms with Crippen LogP contribution in [-0.2, 0) is 23.2 Å². The van der Waals surface area contributed by atoms with Crippen LogP contribution in [0.5, 0.6) is 5.75 Å². The van der Waals surface area contributed by atoms with E-state index in [0.29, 0.717) is 19.5 Å². The monoisotopic (exact) mass is 348 g/mol. The maximum atomic E-state index is 12.6. The number of benzene rings is 2. The van der Waals surface area contributed by atoms with Gasteiger partial charge in [-0.2, -0.15) is 17.0 Å². The number of hydrogen-bond acceptors (Lipinski definition) is 3. The van der Waals surface area contributed by atoms with E-state index in [4.69, 9.17) is 4.74 Å². The smallest absolute Gasteiger partial charge is 0.281 e. The van der Waals surface area contributed by atoms with Gasteiger partial charge in [0, 0.05) is 27.2 Å². The molecule has 0 atom stereocenters. The zero-order valence-electron chi connectivity index (χ0n) is 14.3. The van der Waals surface area contributed by atoms with Crippen LogP contribution in [0.1, 0.15) is 11.1 Å². The van der Waals surface area contributed by atoms with Gasteiger partial charge in [-0.25, -0.2) is 0 Å². The summed E-state index contributed by atoms with van der Waals surface area (Å²) in [6.45, 7) is 0.777. The first kappa shape index (κ1) is 18.4. The van der Waals surface area contributed by atoms with Crippen molar-refractivity contribution in [2.45, 2.75) is 13.0 Å². The summed E-state index contributed by atoms with van der Waals surface area (Å²) in [6.07, 6.45) is 0.643. The minimum Gasteiger partial charge on any atom is -0.497 e. The van der Waals surface area contributed by atoms with E-state index in [0.717, 1.165) is 16.9 Å². The Morgan fingerprint density at radius 2 is 1.54 bits per heavy atom. The molecule has 0 aliphatic carbocycles. The Labute approximate surface area is 144 Å². The Balaban J connectivity index is 2.13. The van der Waals surface area contributed by atoms with E-state index < -0.39 is 10.2 Å². The predicted octanol–water partition coefficient (Wildman–Crippen LogP) is 2.55. The molecule has 5 nitrogen and oxygen atoms in total. The molecular formula is C18H24N2O3S. The van der Waals surface area contributed by atoms with Crippen LogP contribution < -0.4 is 4.74 Å². The van der Waals surface area contributed by atoms with Crippen molar-refractivity contribution in [2.75, 3.05) is 27.7 Å². The van der Waals surface area contributed by atoms with Crippen molar-refractivity contribution >= 4 is 10.2 Å². The van der Waals surface area contributed by atoms with Crippen LogP contribution in [0.25, 0.3) is 0 Å². The molecule has 0 spiro atoms. The molecule has 0 aliphatic heterocycles. The molecule has 24 heavy (non-hydrogen) atoms. The van der Waals surface area contributed by atoms with Crippen molar-refractivity contribution in [2.24, 2.45) is 0 Å². The molecule has 0 fully saturated rings. The van der Waals surface area contributed by atoms with Gasteiger partial charge in [0.15, 0.2) is 0 Å². The summed E-state index contributed by atoms with van der Waals surface area (Å²) in [7, 11) is 1.26. The Hall–Kier alpha value is -1.89. The third-order valence-electron chi connectivity index (χ3n) is 3.80. The SMILES string of the molecule is COc1ccc(CCN(Cc2ccccc2)S(=O)(=O)N(C)C)cc1. The molecule has 0 aromatic heterocycles. The summed E-state index contributed by atoms with van der Waals surface area (Å²) in [4.78, 5) is 0. The number of nitrogens with zero attached hydrogens (tertiary/aromatic N) is 2. The van der Waals surface area contributed by atoms with Crippen molar-refractivity contribution in [3.8, 4) is 5.75 Å². The Kier molecular flexibility index (Phi) is 6.36. The maximum Gasteiger partial charge on any atom is 0.281 e. The van der Waals surface area contributed by atoms with Crippen molar-refractivity contribution in [1.82, 2.24) is 8.61 Å². The summed E-state index contributed by atoms with van der Waals surface area (Å²) >= 11 is 0. The first-order valence-corrected chi connectivity index (χ1v) is 9.17. The van der Waals surface area contributed by atoms with Gasteiger partial charge in [-0.15, -0.1) is 0 Å². The number of hydrogen-bond donors (Lipinski definition) is 0. The van der Waals surface area contributed by atoms with Crippen LogP contribution in [0.3, 0.4) is 0 Å². The molecule has 0 heterocycles. The number of ether oxygens (including phenoxy) is 1. The van der Waals surface area contributed by atoms with Gasteiger partial charge in [-0.1, -0.05) is 42.5 Å². The van der Waals surface area contributed by atoms with E-state index in [1.54, 1.807) is 21.2 Å². The maximum absolute atomic E-state index is 12.6. The quantitative estimate of drug-likeness (QED) is 0.737. The minimum atomic E-state index is -3.48. The van der Waals surface area contributed by atoms with Gasteiger partial charge < -0.3 is 4.74 Å². The van der Waals surface area contributed by atoms with Gasteiger partial charge in [0.25, 0.3) is 10.2 Å². The Morgan fingerprint density at radius 3 is 2.08 bits per heavy atom. The highest BCUT2D eigenvalue weighted by molar-refractivity contribution is 7.86. The lowest BCUT2D eigenvalue weighted by Gasteiger charge is -2.25. The van der Waals surface area contributed by atoms with E-state index in [2.05, 4.69) is 0 Å². The largest absolute Gasteiger partial charge is 0.497 e. The topological polar surface area (TPSA) is 49.9 Å². The van der Waals surface area contributed by atoms with Crippen LogP contribution in [0.2, 0.25) is 0 Å². The molecule has 2 aromatic rings. The summed E-state index contributed by atoms with van der Waals surface area (Å²) in [5.74, 6) is 0.792. The second kappa shape index (κ2) is 8.28. The second-order valence-corrected chi connectivity index (χ2v) is 7.85. The molecule has 6 heteroatoms. The normalized spacial score (nSPS) is 11.9. The lowest BCUT2D eigenvalue weighted by Crippen LogP contribution is -2.40. The van der Waals surface area contributed by atoms with Gasteiger partial charge in [0.2, 0.25) is 0 Å². The van der Waals surface area contributed by atoms with Gasteiger partial charge in [0.05, 0.1) is 7.11 Å². The molecule has 0 N–H and O–H groups in total. The highest BCUT2D eigenvalue weighted by Crippen LogP contribution is 2.15. The lowest BCUT2D eigenvalue weighted by molar-refractivity contribution is 0.372. The average molecular weight is 348 g/mol. The summed E-state index contributed by atoms with van der Waals surface area (Å²) in [5.41, 5.74) is 2.04. The molecular weight excluding hydrogens is 324 g/mol. The predicted molar refractivity (Wildman–Crippen MR) is 96.2 cm³/mol. The standard InChI is InChI=1S/C18H24N2O3S/c1-19(2)24(21,22)20(15-17-7-5-4-6-8-17)14-13-16-9-11-18(23-3)12-10-16/h4-12H,13-15H2,1-3H3. The van der Waals surface area contributed by atoms with E-state index in [9.17, 15) is 8.42 Å². The molecule has 0 unspecified atom stereocenters. The number of methoxy groups -OCH3 is 1. The van der Waals surface area contributed by atoms with E-state index >= 15 is 0 Å². The zero-order valence-corrected chi connectivity index (χ0v) is 15.2. The van der Waals surface area contributed by atoms with Crippen LogP contribution in [-0.4, -0.2) is 44.8 Å². The molecule has 130 valence electrons. The van der Waals surface area contributed by atoms with Gasteiger partial charge >= 0.3 is 0 Å². The highest BCUT2D eigenvalue weighted by Gasteiger charge is 2.24. The summed E-state index contributed by atoms with van der Waals surface area (Å²) < 4.78 is 33.1. The van der Waals surface area contributed by atoms with Gasteiger partial charge in [-0.05, 0) is 29.7 Å². The molecule has 0 bridgehead atoms. The molecule has 0 radical (unpaired) electrons. The van der Waals surface area contributed by atoms with Crippen LogP contribution in [0.15, 0.2) is 54.6 Å². The molecule has 0 saturated carbocycles. The van der Waals surface area contributed by atoms with Crippen LogP contribution in [0.4, 0.5) is 0 Å².